The van der Waals surface area contributed by atoms with Crippen molar-refractivity contribution in [2.45, 2.75) is 34.1 Å². The van der Waals surface area contributed by atoms with Crippen LogP contribution in [-0.2, 0) is 6.42 Å². The zero-order valence-corrected chi connectivity index (χ0v) is 17.0. The zero-order chi connectivity index (χ0) is 19.6. The topological polar surface area (TPSA) is 56.9 Å². The summed E-state index contributed by atoms with van der Waals surface area (Å²) in [6, 6.07) is 12.3. The number of hydrogen-bond donors (Lipinski definition) is 3. The van der Waals surface area contributed by atoms with Gasteiger partial charge in [0.1, 0.15) is 0 Å². The van der Waals surface area contributed by atoms with Crippen LogP contribution in [0.2, 0.25) is 0 Å². The molecule has 0 aliphatic rings. The third-order valence-electron chi connectivity index (χ3n) is 4.95. The van der Waals surface area contributed by atoms with Crippen LogP contribution in [-0.4, -0.2) is 16.6 Å². The Balaban J connectivity index is 1.66. The van der Waals surface area contributed by atoms with Crippen LogP contribution in [0.4, 0.5) is 5.69 Å². The van der Waals surface area contributed by atoms with Gasteiger partial charge in [0.15, 0.2) is 5.11 Å². The number of hydrogen-bond acceptors (Lipinski definition) is 2. The smallest absolute Gasteiger partial charge is 0.251 e. The minimum absolute atomic E-state index is 0.0357. The maximum absolute atomic E-state index is 12.4. The van der Waals surface area contributed by atoms with Crippen molar-refractivity contribution >= 4 is 33.9 Å². The highest BCUT2D eigenvalue weighted by Crippen LogP contribution is 2.19. The molecular formula is C22H25N3OS. The summed E-state index contributed by atoms with van der Waals surface area (Å²) in [5, 5.41) is 8.04. The maximum Gasteiger partial charge on any atom is 0.251 e. The first-order chi connectivity index (χ1) is 12.8. The van der Waals surface area contributed by atoms with E-state index in [1.54, 1.807) is 0 Å². The van der Waals surface area contributed by atoms with E-state index in [2.05, 4.69) is 59.8 Å². The van der Waals surface area contributed by atoms with E-state index in [1.807, 2.05) is 19.9 Å². The van der Waals surface area contributed by atoms with Crippen LogP contribution in [0.25, 0.3) is 10.9 Å². The Bertz CT molecular complexity index is 1070. The molecule has 1 heterocycles. The highest BCUT2D eigenvalue weighted by atomic mass is 32.1. The molecule has 5 heteroatoms. The van der Waals surface area contributed by atoms with Crippen LogP contribution >= 0.6 is 12.2 Å². The minimum atomic E-state index is -0.0357. The van der Waals surface area contributed by atoms with Crippen molar-refractivity contribution < 1.29 is 0 Å². The fourth-order valence-electron chi connectivity index (χ4n) is 3.10. The SMILES string of the molecule is Cc1ccc(C)c(NC(=S)NCCc2cc3ccc(C)c(C)c3[nH]c2=O)c1. The molecule has 0 unspecified atom stereocenters. The van der Waals surface area contributed by atoms with Crippen molar-refractivity contribution in [3.05, 3.63) is 74.6 Å². The largest absolute Gasteiger partial charge is 0.362 e. The van der Waals surface area contributed by atoms with Crippen molar-refractivity contribution in [1.82, 2.24) is 10.3 Å². The summed E-state index contributed by atoms with van der Waals surface area (Å²) in [4.78, 5) is 15.4. The van der Waals surface area contributed by atoms with Crippen molar-refractivity contribution in [3.63, 3.8) is 0 Å². The number of aromatic nitrogens is 1. The first-order valence-electron chi connectivity index (χ1n) is 9.09. The van der Waals surface area contributed by atoms with Gasteiger partial charge < -0.3 is 15.6 Å². The Morgan fingerprint density at radius 2 is 1.78 bits per heavy atom. The van der Waals surface area contributed by atoms with Gasteiger partial charge in [0.2, 0.25) is 0 Å². The van der Waals surface area contributed by atoms with Crippen molar-refractivity contribution in [1.29, 1.82) is 0 Å². The second-order valence-electron chi connectivity index (χ2n) is 7.04. The number of rotatable bonds is 4. The molecule has 0 amide bonds. The number of nitrogens with one attached hydrogen (secondary N) is 3. The molecule has 27 heavy (non-hydrogen) atoms. The molecule has 4 nitrogen and oxygen atoms in total. The van der Waals surface area contributed by atoms with Gasteiger partial charge in [0, 0.05) is 17.8 Å². The number of aromatic amines is 1. The third-order valence-corrected chi connectivity index (χ3v) is 5.20. The quantitative estimate of drug-likeness (QED) is 0.592. The molecule has 3 aromatic rings. The number of pyridine rings is 1. The molecule has 2 aromatic carbocycles. The van der Waals surface area contributed by atoms with E-state index < -0.39 is 0 Å². The first-order valence-corrected chi connectivity index (χ1v) is 9.50. The zero-order valence-electron chi connectivity index (χ0n) is 16.2. The monoisotopic (exact) mass is 379 g/mol. The molecule has 0 saturated heterocycles. The van der Waals surface area contributed by atoms with Crippen LogP contribution in [0, 0.1) is 27.7 Å². The molecule has 1 aromatic heterocycles. The second-order valence-corrected chi connectivity index (χ2v) is 7.45. The lowest BCUT2D eigenvalue weighted by molar-refractivity contribution is 0.863. The van der Waals surface area contributed by atoms with Gasteiger partial charge in [0.05, 0.1) is 5.52 Å². The second kappa shape index (κ2) is 7.92. The van der Waals surface area contributed by atoms with Crippen LogP contribution in [0.3, 0.4) is 0 Å². The number of H-pyrrole nitrogens is 1. The lowest BCUT2D eigenvalue weighted by atomic mass is 10.0. The van der Waals surface area contributed by atoms with Crippen LogP contribution in [0.15, 0.2) is 41.2 Å². The Hall–Kier alpha value is -2.66. The van der Waals surface area contributed by atoms with Crippen molar-refractivity contribution in [3.8, 4) is 0 Å². The molecule has 0 aliphatic carbocycles. The molecule has 3 N–H and O–H groups in total. The standard InChI is InChI=1S/C22H25N3OS/c1-13-5-6-15(3)19(11-13)24-22(27)23-10-9-18-12-17-8-7-14(2)16(4)20(17)25-21(18)26/h5-8,11-12H,9-10H2,1-4H3,(H,25,26)(H2,23,24,27). The maximum atomic E-state index is 12.4. The summed E-state index contributed by atoms with van der Waals surface area (Å²) >= 11 is 5.39. The Labute approximate surface area is 165 Å². The van der Waals surface area contributed by atoms with Gasteiger partial charge in [-0.2, -0.15) is 0 Å². The predicted octanol–water partition coefficient (Wildman–Crippen LogP) is 4.29. The summed E-state index contributed by atoms with van der Waals surface area (Å²) in [5.74, 6) is 0. The predicted molar refractivity (Wildman–Crippen MR) is 118 cm³/mol. The van der Waals surface area contributed by atoms with Crippen molar-refractivity contribution in [2.75, 3.05) is 11.9 Å². The van der Waals surface area contributed by atoms with Gasteiger partial charge in [-0.05, 0) is 86.1 Å². The molecule has 140 valence electrons. The average molecular weight is 380 g/mol. The van der Waals surface area contributed by atoms with Gasteiger partial charge in [-0.25, -0.2) is 0 Å². The fourth-order valence-corrected chi connectivity index (χ4v) is 3.32. The normalized spacial score (nSPS) is 10.8. The first kappa shape index (κ1) is 19.1. The summed E-state index contributed by atoms with van der Waals surface area (Å²) in [6.07, 6.45) is 0.604. The molecule has 0 radical (unpaired) electrons. The van der Waals surface area contributed by atoms with Crippen LogP contribution in [0.5, 0.6) is 0 Å². The number of aryl methyl sites for hydroxylation is 4. The van der Waals surface area contributed by atoms with E-state index in [-0.39, 0.29) is 5.56 Å². The molecule has 0 spiro atoms. The highest BCUT2D eigenvalue weighted by Gasteiger charge is 2.07. The molecule has 0 aliphatic heterocycles. The van der Waals surface area contributed by atoms with Gasteiger partial charge in [-0.1, -0.05) is 24.3 Å². The molecule has 0 bridgehead atoms. The van der Waals surface area contributed by atoms with E-state index >= 15 is 0 Å². The highest BCUT2D eigenvalue weighted by molar-refractivity contribution is 7.80. The summed E-state index contributed by atoms with van der Waals surface area (Å²) in [5.41, 5.74) is 7.26. The average Bonchev–Trinajstić information content (AvgIpc) is 2.62. The molecule has 0 atom stereocenters. The summed E-state index contributed by atoms with van der Waals surface area (Å²) in [6.45, 7) is 8.77. The molecular weight excluding hydrogens is 354 g/mol. The van der Waals surface area contributed by atoms with Gasteiger partial charge >= 0.3 is 0 Å². The summed E-state index contributed by atoms with van der Waals surface area (Å²) < 4.78 is 0. The van der Waals surface area contributed by atoms with Crippen LogP contribution in [0.1, 0.15) is 27.8 Å². The summed E-state index contributed by atoms with van der Waals surface area (Å²) in [7, 11) is 0. The third kappa shape index (κ3) is 4.37. The lowest BCUT2D eigenvalue weighted by Gasteiger charge is -2.13. The fraction of sp³-hybridized carbons (Fsp3) is 0.273. The molecule has 0 saturated carbocycles. The van der Waals surface area contributed by atoms with Crippen LogP contribution < -0.4 is 16.2 Å². The van der Waals surface area contributed by atoms with E-state index in [0.717, 1.165) is 33.3 Å². The van der Waals surface area contributed by atoms with E-state index in [0.29, 0.717) is 18.1 Å². The Kier molecular flexibility index (Phi) is 5.61. The van der Waals surface area contributed by atoms with E-state index in [1.165, 1.54) is 11.1 Å². The van der Waals surface area contributed by atoms with E-state index in [4.69, 9.17) is 12.2 Å². The number of anilines is 1. The number of thiocarbonyl (C=S) groups is 1. The molecule has 3 rings (SSSR count). The van der Waals surface area contributed by atoms with Gasteiger partial charge in [0.25, 0.3) is 5.56 Å². The lowest BCUT2D eigenvalue weighted by Crippen LogP contribution is -2.31. The van der Waals surface area contributed by atoms with E-state index in [9.17, 15) is 4.79 Å². The van der Waals surface area contributed by atoms with Gasteiger partial charge in [-0.15, -0.1) is 0 Å². The Morgan fingerprint density at radius 3 is 2.56 bits per heavy atom. The van der Waals surface area contributed by atoms with Crippen molar-refractivity contribution in [2.24, 2.45) is 0 Å². The Morgan fingerprint density at radius 1 is 1.04 bits per heavy atom. The number of fused-ring (bicyclic) bond motifs is 1. The van der Waals surface area contributed by atoms with Gasteiger partial charge in [-0.3, -0.25) is 4.79 Å². The number of benzene rings is 2. The molecule has 0 fully saturated rings. The minimum Gasteiger partial charge on any atom is -0.362 e.